The minimum Gasteiger partial charge on any atom is -0.388 e. The first-order valence-corrected chi connectivity index (χ1v) is 6.67. The number of carbonyl (C=O) groups is 1. The number of aliphatic hydroxyl groups is 1. The van der Waals surface area contributed by atoms with E-state index < -0.39 is 17.3 Å². The van der Waals surface area contributed by atoms with Gasteiger partial charge >= 0.3 is 0 Å². The minimum absolute atomic E-state index is 0.0288. The van der Waals surface area contributed by atoms with Gasteiger partial charge in [-0.1, -0.05) is 29.8 Å². The van der Waals surface area contributed by atoms with Crippen molar-refractivity contribution in [3.05, 3.63) is 34.1 Å². The lowest BCUT2D eigenvalue weighted by Crippen LogP contribution is -2.42. The van der Waals surface area contributed by atoms with E-state index in [9.17, 15) is 14.3 Å². The van der Waals surface area contributed by atoms with Gasteiger partial charge in [0, 0.05) is 11.0 Å². The van der Waals surface area contributed by atoms with E-state index in [2.05, 4.69) is 21.2 Å². The van der Waals surface area contributed by atoms with Gasteiger partial charge in [-0.2, -0.15) is 0 Å². The molecule has 2 N–H and O–H groups in total. The largest absolute Gasteiger partial charge is 0.388 e. The van der Waals surface area contributed by atoms with Crippen LogP contribution in [0.2, 0.25) is 0 Å². The van der Waals surface area contributed by atoms with Gasteiger partial charge in [0.05, 0.1) is 11.2 Å². The second-order valence-electron chi connectivity index (χ2n) is 4.24. The van der Waals surface area contributed by atoms with Crippen molar-refractivity contribution in [1.82, 2.24) is 5.32 Å². The van der Waals surface area contributed by atoms with Crippen molar-refractivity contribution in [2.24, 2.45) is 0 Å². The Hall–Kier alpha value is -0.940. The fourth-order valence-electron chi connectivity index (χ4n) is 1.51. The molecule has 0 radical (unpaired) electrons. The van der Waals surface area contributed by atoms with Crippen LogP contribution in [0.1, 0.15) is 37.0 Å². The summed E-state index contributed by atoms with van der Waals surface area (Å²) in [5, 5.41) is 12.6. The lowest BCUT2D eigenvalue weighted by Gasteiger charge is -2.25. The number of amides is 1. The molecule has 1 rings (SSSR count). The van der Waals surface area contributed by atoms with Crippen LogP contribution in [-0.4, -0.2) is 23.2 Å². The summed E-state index contributed by atoms with van der Waals surface area (Å²) in [6.07, 6.45) is 1.06. The molecular weight excluding hydrogens is 301 g/mol. The van der Waals surface area contributed by atoms with Gasteiger partial charge in [0.15, 0.2) is 0 Å². The van der Waals surface area contributed by atoms with E-state index in [1.54, 1.807) is 0 Å². The molecule has 0 saturated heterocycles. The second kappa shape index (κ2) is 6.29. The van der Waals surface area contributed by atoms with Crippen molar-refractivity contribution < 1.29 is 14.3 Å². The van der Waals surface area contributed by atoms with Crippen LogP contribution >= 0.6 is 15.9 Å². The molecule has 0 fully saturated rings. The van der Waals surface area contributed by atoms with Gasteiger partial charge in [-0.05, 0) is 31.0 Å². The van der Waals surface area contributed by atoms with Gasteiger partial charge < -0.3 is 10.4 Å². The Bertz CT molecular complexity index is 433. The Balaban J connectivity index is 2.74. The number of carbonyl (C=O) groups excluding carboxylic acids is 1. The molecule has 0 atom stereocenters. The first-order valence-electron chi connectivity index (χ1n) is 5.87. The van der Waals surface area contributed by atoms with Crippen LogP contribution in [0.25, 0.3) is 0 Å². The summed E-state index contributed by atoms with van der Waals surface area (Å²) in [7, 11) is 0. The summed E-state index contributed by atoms with van der Waals surface area (Å²) in [5.74, 6) is -1.10. The number of hydrogen-bond donors (Lipinski definition) is 2. The summed E-state index contributed by atoms with van der Waals surface area (Å²) in [6.45, 7) is 3.80. The van der Waals surface area contributed by atoms with E-state index in [1.807, 2.05) is 13.8 Å². The van der Waals surface area contributed by atoms with Gasteiger partial charge in [0.1, 0.15) is 5.82 Å². The Labute approximate surface area is 115 Å². The van der Waals surface area contributed by atoms with Crippen LogP contribution in [0.3, 0.4) is 0 Å². The molecule has 0 spiro atoms. The van der Waals surface area contributed by atoms with Gasteiger partial charge in [-0.15, -0.1) is 0 Å². The van der Waals surface area contributed by atoms with E-state index in [-0.39, 0.29) is 12.1 Å². The first kappa shape index (κ1) is 15.1. The third kappa shape index (κ3) is 3.78. The van der Waals surface area contributed by atoms with Crippen LogP contribution in [0.15, 0.2) is 22.7 Å². The van der Waals surface area contributed by atoms with Crippen LogP contribution in [0.5, 0.6) is 0 Å². The van der Waals surface area contributed by atoms with Gasteiger partial charge in [0.25, 0.3) is 5.91 Å². The van der Waals surface area contributed by atoms with Crippen LogP contribution in [0.4, 0.5) is 4.39 Å². The van der Waals surface area contributed by atoms with Crippen LogP contribution in [-0.2, 0) is 0 Å². The SMILES string of the molecule is CCC(O)(CC)CNC(=O)c1cc(Br)ccc1F. The summed E-state index contributed by atoms with van der Waals surface area (Å²) >= 11 is 3.19. The molecule has 100 valence electrons. The summed E-state index contributed by atoms with van der Waals surface area (Å²) in [6, 6.07) is 4.17. The molecule has 0 heterocycles. The molecule has 18 heavy (non-hydrogen) atoms. The minimum atomic E-state index is -0.932. The van der Waals surface area contributed by atoms with Crippen molar-refractivity contribution in [3.63, 3.8) is 0 Å². The van der Waals surface area contributed by atoms with Crippen LogP contribution < -0.4 is 5.32 Å². The average Bonchev–Trinajstić information content (AvgIpc) is 2.38. The zero-order chi connectivity index (χ0) is 13.8. The van der Waals surface area contributed by atoms with Crippen molar-refractivity contribution >= 4 is 21.8 Å². The molecular formula is C13H17BrFNO2. The molecule has 0 saturated carbocycles. The maximum atomic E-state index is 13.5. The average molecular weight is 318 g/mol. The normalized spacial score (nSPS) is 11.4. The molecule has 0 aromatic heterocycles. The molecule has 1 amide bonds. The second-order valence-corrected chi connectivity index (χ2v) is 5.15. The smallest absolute Gasteiger partial charge is 0.254 e. The third-order valence-electron chi connectivity index (χ3n) is 3.07. The summed E-state index contributed by atoms with van der Waals surface area (Å²) in [4.78, 5) is 11.8. The molecule has 1 aromatic carbocycles. The van der Waals surface area contributed by atoms with Crippen molar-refractivity contribution in [3.8, 4) is 0 Å². The highest BCUT2D eigenvalue weighted by Gasteiger charge is 2.23. The monoisotopic (exact) mass is 317 g/mol. The highest BCUT2D eigenvalue weighted by molar-refractivity contribution is 9.10. The highest BCUT2D eigenvalue weighted by Crippen LogP contribution is 2.17. The quantitative estimate of drug-likeness (QED) is 0.877. The number of nitrogens with one attached hydrogen (secondary N) is 1. The van der Waals surface area contributed by atoms with Crippen molar-refractivity contribution in [2.45, 2.75) is 32.3 Å². The molecule has 0 aliphatic rings. The maximum absolute atomic E-state index is 13.5. The van der Waals surface area contributed by atoms with Gasteiger partial charge in [-0.3, -0.25) is 4.79 Å². The summed E-state index contributed by atoms with van der Waals surface area (Å²) in [5.41, 5.74) is -0.961. The lowest BCUT2D eigenvalue weighted by atomic mass is 9.97. The molecule has 1 aromatic rings. The van der Waals surface area contributed by atoms with E-state index in [4.69, 9.17) is 0 Å². The predicted octanol–water partition coefficient (Wildman–Crippen LogP) is 2.87. The Morgan fingerprint density at radius 3 is 2.61 bits per heavy atom. The fraction of sp³-hybridized carbons (Fsp3) is 0.462. The topological polar surface area (TPSA) is 49.3 Å². The number of halogens is 2. The van der Waals surface area contributed by atoms with E-state index in [0.29, 0.717) is 17.3 Å². The van der Waals surface area contributed by atoms with E-state index in [1.165, 1.54) is 18.2 Å². The zero-order valence-electron chi connectivity index (χ0n) is 10.5. The first-order chi connectivity index (χ1) is 8.41. The third-order valence-corrected chi connectivity index (χ3v) is 3.56. The number of benzene rings is 1. The fourth-order valence-corrected chi connectivity index (χ4v) is 1.87. The number of hydrogen-bond acceptors (Lipinski definition) is 2. The Morgan fingerprint density at radius 1 is 1.44 bits per heavy atom. The standard InChI is InChI=1S/C13H17BrFNO2/c1-3-13(18,4-2)8-16-12(17)10-7-9(14)5-6-11(10)15/h5-7,18H,3-4,8H2,1-2H3,(H,16,17). The Kier molecular flexibility index (Phi) is 5.28. The highest BCUT2D eigenvalue weighted by atomic mass is 79.9. The summed E-state index contributed by atoms with van der Waals surface area (Å²) < 4.78 is 14.1. The van der Waals surface area contributed by atoms with Crippen LogP contribution in [0, 0.1) is 5.82 Å². The molecule has 0 aliphatic carbocycles. The molecule has 0 aliphatic heterocycles. The zero-order valence-corrected chi connectivity index (χ0v) is 12.1. The molecule has 5 heteroatoms. The predicted molar refractivity (Wildman–Crippen MR) is 72.0 cm³/mol. The lowest BCUT2D eigenvalue weighted by molar-refractivity contribution is 0.0313. The Morgan fingerprint density at radius 2 is 2.06 bits per heavy atom. The van der Waals surface area contributed by atoms with Crippen molar-refractivity contribution in [1.29, 1.82) is 0 Å². The van der Waals surface area contributed by atoms with Gasteiger partial charge in [0.2, 0.25) is 0 Å². The maximum Gasteiger partial charge on any atom is 0.254 e. The molecule has 3 nitrogen and oxygen atoms in total. The van der Waals surface area contributed by atoms with E-state index in [0.717, 1.165) is 0 Å². The number of rotatable bonds is 5. The molecule has 0 bridgehead atoms. The molecule has 0 unspecified atom stereocenters. The van der Waals surface area contributed by atoms with E-state index >= 15 is 0 Å². The van der Waals surface area contributed by atoms with Crippen molar-refractivity contribution in [2.75, 3.05) is 6.54 Å². The van der Waals surface area contributed by atoms with Gasteiger partial charge in [-0.25, -0.2) is 4.39 Å².